The smallest absolute Gasteiger partial charge is 0.240 e. The van der Waals surface area contributed by atoms with Gasteiger partial charge in [-0.05, 0) is 49.1 Å². The van der Waals surface area contributed by atoms with Crippen LogP contribution in [0.5, 0.6) is 0 Å². The summed E-state index contributed by atoms with van der Waals surface area (Å²) in [5, 5.41) is 18.0. The van der Waals surface area contributed by atoms with E-state index in [4.69, 9.17) is 22.0 Å². The number of sulfonamides is 1. The fraction of sp³-hybridized carbons (Fsp3) is 0.294. The average molecular weight is 396 g/mol. The van der Waals surface area contributed by atoms with Crippen molar-refractivity contribution in [2.24, 2.45) is 5.92 Å². The maximum absolute atomic E-state index is 13.4. The monoisotopic (exact) mass is 395 g/mol. The molecule has 0 bridgehead atoms. The van der Waals surface area contributed by atoms with E-state index in [0.717, 1.165) is 6.07 Å². The van der Waals surface area contributed by atoms with Crippen molar-refractivity contribution in [2.75, 3.05) is 6.61 Å². The molecule has 0 spiro atoms. The van der Waals surface area contributed by atoms with Gasteiger partial charge in [0.05, 0.1) is 15.6 Å². The van der Waals surface area contributed by atoms with Crippen LogP contribution < -0.4 is 4.72 Å². The van der Waals surface area contributed by atoms with E-state index in [-0.39, 0.29) is 39.9 Å². The Bertz CT molecular complexity index is 985. The molecule has 1 fully saturated rings. The van der Waals surface area contributed by atoms with Gasteiger partial charge in [-0.25, -0.2) is 22.5 Å². The molecule has 1 heterocycles. The van der Waals surface area contributed by atoms with Crippen LogP contribution in [-0.2, 0) is 10.0 Å². The number of rotatable bonds is 5. The van der Waals surface area contributed by atoms with Gasteiger partial charge >= 0.3 is 0 Å². The lowest BCUT2D eigenvalue weighted by atomic mass is 9.82. The van der Waals surface area contributed by atoms with Gasteiger partial charge in [-0.2, -0.15) is 5.26 Å². The Kier molecular flexibility index (Phi) is 5.25. The van der Waals surface area contributed by atoms with Crippen LogP contribution in [0.15, 0.2) is 35.2 Å². The van der Waals surface area contributed by atoms with Gasteiger partial charge in [0.25, 0.3) is 0 Å². The van der Waals surface area contributed by atoms with E-state index >= 15 is 0 Å². The van der Waals surface area contributed by atoms with Crippen molar-refractivity contribution in [3.63, 3.8) is 0 Å². The molecular formula is C17H15ClFN3O3S. The number of aliphatic hydroxyl groups excluding tert-OH is 1. The molecule has 0 saturated heterocycles. The predicted molar refractivity (Wildman–Crippen MR) is 93.3 cm³/mol. The molecule has 1 aromatic heterocycles. The van der Waals surface area contributed by atoms with Gasteiger partial charge in [0.2, 0.25) is 10.0 Å². The minimum atomic E-state index is -3.74. The van der Waals surface area contributed by atoms with E-state index in [2.05, 4.69) is 9.71 Å². The van der Waals surface area contributed by atoms with Crippen molar-refractivity contribution in [1.29, 1.82) is 5.26 Å². The lowest BCUT2D eigenvalue weighted by Crippen LogP contribution is -2.45. The van der Waals surface area contributed by atoms with Gasteiger partial charge in [0.1, 0.15) is 6.07 Å². The summed E-state index contributed by atoms with van der Waals surface area (Å²) in [6.45, 7) is 0.0497. The summed E-state index contributed by atoms with van der Waals surface area (Å²) in [6, 6.07) is 8.06. The minimum absolute atomic E-state index is 0.00122. The van der Waals surface area contributed by atoms with E-state index in [1.807, 2.05) is 0 Å². The highest BCUT2D eigenvalue weighted by Gasteiger charge is 2.32. The summed E-state index contributed by atoms with van der Waals surface area (Å²) in [6.07, 6.45) is 1.19. The number of hydrogen-bond acceptors (Lipinski definition) is 5. The highest BCUT2D eigenvalue weighted by Crippen LogP contribution is 2.31. The number of nitrogens with one attached hydrogen (secondary N) is 1. The van der Waals surface area contributed by atoms with Crippen molar-refractivity contribution >= 4 is 21.6 Å². The van der Waals surface area contributed by atoms with Crippen molar-refractivity contribution in [3.05, 3.63) is 46.9 Å². The number of nitriles is 1. The van der Waals surface area contributed by atoms with Crippen LogP contribution in [-0.4, -0.2) is 31.2 Å². The molecule has 2 aromatic rings. The zero-order valence-corrected chi connectivity index (χ0v) is 15.1. The first-order valence-electron chi connectivity index (χ1n) is 7.84. The maximum Gasteiger partial charge on any atom is 0.240 e. The van der Waals surface area contributed by atoms with Crippen LogP contribution >= 0.6 is 11.6 Å². The van der Waals surface area contributed by atoms with E-state index in [1.165, 1.54) is 24.3 Å². The first kappa shape index (κ1) is 18.7. The summed E-state index contributed by atoms with van der Waals surface area (Å²) >= 11 is 6.19. The van der Waals surface area contributed by atoms with Crippen molar-refractivity contribution < 1.29 is 17.9 Å². The zero-order chi connectivity index (χ0) is 18.9. The average Bonchev–Trinajstić information content (AvgIpc) is 2.58. The molecule has 0 aliphatic heterocycles. The van der Waals surface area contributed by atoms with E-state index in [1.54, 1.807) is 6.07 Å². The molecular weight excluding hydrogens is 381 g/mol. The molecule has 1 aromatic carbocycles. The molecule has 9 heteroatoms. The number of pyridine rings is 1. The van der Waals surface area contributed by atoms with Gasteiger partial charge in [-0.15, -0.1) is 0 Å². The third-order valence-electron chi connectivity index (χ3n) is 4.29. The Hall–Kier alpha value is -2.05. The number of nitrogens with zero attached hydrogens (tertiary/aromatic N) is 2. The second-order valence-corrected chi connectivity index (χ2v) is 8.24. The van der Waals surface area contributed by atoms with Crippen molar-refractivity contribution in [2.45, 2.75) is 23.8 Å². The van der Waals surface area contributed by atoms with Crippen LogP contribution in [0.1, 0.15) is 18.5 Å². The number of aromatic nitrogens is 1. The summed E-state index contributed by atoms with van der Waals surface area (Å²) in [4.78, 5) is 3.89. The predicted octanol–water partition coefficient (Wildman–Crippen LogP) is 2.46. The highest BCUT2D eigenvalue weighted by molar-refractivity contribution is 7.89. The minimum Gasteiger partial charge on any atom is -0.396 e. The van der Waals surface area contributed by atoms with Gasteiger partial charge in [-0.1, -0.05) is 11.6 Å². The van der Waals surface area contributed by atoms with Crippen LogP contribution in [0, 0.1) is 23.1 Å². The Morgan fingerprint density at radius 1 is 1.35 bits per heavy atom. The quantitative estimate of drug-likeness (QED) is 0.809. The Balaban J connectivity index is 1.85. The maximum atomic E-state index is 13.4. The fourth-order valence-electron chi connectivity index (χ4n) is 2.81. The summed E-state index contributed by atoms with van der Waals surface area (Å²) in [5.74, 6) is -0.606. The molecule has 1 aliphatic carbocycles. The third-order valence-corrected chi connectivity index (χ3v) is 6.13. The van der Waals surface area contributed by atoms with Gasteiger partial charge in [-0.3, -0.25) is 0 Å². The zero-order valence-electron chi connectivity index (χ0n) is 13.5. The Morgan fingerprint density at radius 3 is 2.69 bits per heavy atom. The summed E-state index contributed by atoms with van der Waals surface area (Å²) in [7, 11) is -3.74. The normalized spacial score (nSPS) is 19.6. The SMILES string of the molecule is N#Cc1nc(-c2ccc(S(=O)(=O)NC3CC(CO)C3)cc2Cl)ccc1F. The third kappa shape index (κ3) is 3.71. The topological polar surface area (TPSA) is 103 Å². The van der Waals surface area contributed by atoms with Crippen LogP contribution in [0.3, 0.4) is 0 Å². The molecule has 136 valence electrons. The molecule has 6 nitrogen and oxygen atoms in total. The largest absolute Gasteiger partial charge is 0.396 e. The molecule has 2 N–H and O–H groups in total. The van der Waals surface area contributed by atoms with Crippen LogP contribution in [0.4, 0.5) is 4.39 Å². The summed E-state index contributed by atoms with van der Waals surface area (Å²) in [5.41, 5.74) is 0.307. The number of benzene rings is 1. The molecule has 0 atom stereocenters. The Morgan fingerprint density at radius 2 is 2.08 bits per heavy atom. The molecule has 0 unspecified atom stereocenters. The first-order valence-corrected chi connectivity index (χ1v) is 9.70. The molecule has 26 heavy (non-hydrogen) atoms. The van der Waals surface area contributed by atoms with Gasteiger partial charge in [0.15, 0.2) is 11.5 Å². The summed E-state index contributed by atoms with van der Waals surface area (Å²) < 4.78 is 40.8. The second-order valence-electron chi connectivity index (χ2n) is 6.12. The van der Waals surface area contributed by atoms with Gasteiger partial charge in [0, 0.05) is 18.2 Å². The lowest BCUT2D eigenvalue weighted by molar-refractivity contribution is 0.137. The van der Waals surface area contributed by atoms with Crippen LogP contribution in [0.2, 0.25) is 5.02 Å². The second kappa shape index (κ2) is 7.29. The first-order chi connectivity index (χ1) is 12.3. The van der Waals surface area contributed by atoms with E-state index < -0.39 is 15.8 Å². The molecule has 0 radical (unpaired) electrons. The molecule has 1 aliphatic rings. The molecule has 3 rings (SSSR count). The Labute approximate surface area is 155 Å². The lowest BCUT2D eigenvalue weighted by Gasteiger charge is -2.34. The standard InChI is InChI=1S/C17H15ClFN3O3S/c18-14-7-12(26(24,25)22-11-5-10(6-11)9-23)1-2-13(14)16-4-3-15(19)17(8-20)21-16/h1-4,7,10-11,22-23H,5-6,9H2. The van der Waals surface area contributed by atoms with E-state index in [9.17, 15) is 12.8 Å². The van der Waals surface area contributed by atoms with Gasteiger partial charge < -0.3 is 5.11 Å². The highest BCUT2D eigenvalue weighted by atomic mass is 35.5. The molecule has 0 amide bonds. The number of halogens is 2. The van der Waals surface area contributed by atoms with Crippen molar-refractivity contribution in [1.82, 2.24) is 9.71 Å². The van der Waals surface area contributed by atoms with Crippen LogP contribution in [0.25, 0.3) is 11.3 Å². The van der Waals surface area contributed by atoms with E-state index in [0.29, 0.717) is 18.4 Å². The fourth-order valence-corrected chi connectivity index (χ4v) is 4.44. The number of aliphatic hydroxyl groups is 1. The van der Waals surface area contributed by atoms with Crippen molar-refractivity contribution in [3.8, 4) is 17.3 Å². The molecule has 1 saturated carbocycles. The number of hydrogen-bond donors (Lipinski definition) is 2.